The molecule has 0 aliphatic rings. The molecular formula is C18H14N2. The van der Waals surface area contributed by atoms with Gasteiger partial charge in [0.2, 0.25) is 0 Å². The minimum Gasteiger partial charge on any atom is -0.308 e. The summed E-state index contributed by atoms with van der Waals surface area (Å²) in [5.74, 6) is 0. The summed E-state index contributed by atoms with van der Waals surface area (Å²) in [6.45, 7) is 2.13. The van der Waals surface area contributed by atoms with E-state index < -0.39 is 0 Å². The van der Waals surface area contributed by atoms with Gasteiger partial charge in [0.25, 0.3) is 0 Å². The molecule has 0 radical (unpaired) electrons. The Balaban J connectivity index is 2.23. The van der Waals surface area contributed by atoms with Crippen molar-refractivity contribution in [2.24, 2.45) is 0 Å². The van der Waals surface area contributed by atoms with Gasteiger partial charge in [-0.1, -0.05) is 30.3 Å². The number of aromatic nitrogens is 2. The SMILES string of the molecule is Cc1ccc2c3ccncc3n(-c3ccccc3)c2c1. The lowest BCUT2D eigenvalue weighted by atomic mass is 10.1. The van der Waals surface area contributed by atoms with Gasteiger partial charge in [-0.3, -0.25) is 4.98 Å². The molecule has 0 bridgehead atoms. The van der Waals surface area contributed by atoms with Crippen LogP contribution in [-0.2, 0) is 0 Å². The van der Waals surface area contributed by atoms with Gasteiger partial charge in [-0.15, -0.1) is 0 Å². The molecule has 20 heavy (non-hydrogen) atoms. The van der Waals surface area contributed by atoms with Crippen LogP contribution >= 0.6 is 0 Å². The smallest absolute Gasteiger partial charge is 0.0724 e. The van der Waals surface area contributed by atoms with Crippen LogP contribution in [0.2, 0.25) is 0 Å². The molecule has 4 rings (SSSR count). The van der Waals surface area contributed by atoms with Gasteiger partial charge < -0.3 is 4.57 Å². The van der Waals surface area contributed by atoms with Crippen LogP contribution in [0.4, 0.5) is 0 Å². The third-order valence-corrected chi connectivity index (χ3v) is 3.74. The van der Waals surface area contributed by atoms with Crippen molar-refractivity contribution in [3.8, 4) is 5.69 Å². The molecule has 0 saturated heterocycles. The van der Waals surface area contributed by atoms with Crippen LogP contribution in [0, 0.1) is 6.92 Å². The van der Waals surface area contributed by atoms with Crippen LogP contribution in [0.1, 0.15) is 5.56 Å². The molecule has 0 amide bonds. The fraction of sp³-hybridized carbons (Fsp3) is 0.0556. The monoisotopic (exact) mass is 258 g/mol. The zero-order valence-electron chi connectivity index (χ0n) is 11.2. The highest BCUT2D eigenvalue weighted by molar-refractivity contribution is 6.09. The summed E-state index contributed by atoms with van der Waals surface area (Å²) in [6, 6.07) is 19.1. The quantitative estimate of drug-likeness (QED) is 0.492. The van der Waals surface area contributed by atoms with Crippen LogP contribution in [0.15, 0.2) is 67.0 Å². The van der Waals surface area contributed by atoms with E-state index in [9.17, 15) is 0 Å². The summed E-state index contributed by atoms with van der Waals surface area (Å²) in [5, 5.41) is 2.52. The Bertz CT molecular complexity index is 905. The average molecular weight is 258 g/mol. The Hall–Kier alpha value is -2.61. The second-order valence-corrected chi connectivity index (χ2v) is 5.08. The fourth-order valence-corrected chi connectivity index (χ4v) is 2.83. The van der Waals surface area contributed by atoms with Gasteiger partial charge in [0, 0.05) is 22.7 Å². The molecule has 4 aromatic rings. The zero-order valence-corrected chi connectivity index (χ0v) is 11.2. The van der Waals surface area contributed by atoms with Crippen molar-refractivity contribution in [1.29, 1.82) is 0 Å². The Morgan fingerprint density at radius 1 is 0.850 bits per heavy atom. The molecule has 2 aromatic heterocycles. The van der Waals surface area contributed by atoms with Crippen molar-refractivity contribution in [3.63, 3.8) is 0 Å². The first-order chi connectivity index (χ1) is 9.84. The molecule has 0 aliphatic heterocycles. The van der Waals surface area contributed by atoms with Gasteiger partial charge in [0.1, 0.15) is 0 Å². The molecule has 0 saturated carbocycles. The van der Waals surface area contributed by atoms with Crippen molar-refractivity contribution < 1.29 is 0 Å². The molecule has 0 fully saturated rings. The summed E-state index contributed by atoms with van der Waals surface area (Å²) in [7, 11) is 0. The molecule has 0 atom stereocenters. The third kappa shape index (κ3) is 1.55. The molecule has 0 N–H and O–H groups in total. The first kappa shape index (κ1) is 11.2. The molecule has 2 heteroatoms. The van der Waals surface area contributed by atoms with E-state index in [-0.39, 0.29) is 0 Å². The van der Waals surface area contributed by atoms with Crippen molar-refractivity contribution in [2.45, 2.75) is 6.92 Å². The van der Waals surface area contributed by atoms with E-state index in [1.165, 1.54) is 27.5 Å². The second kappa shape index (κ2) is 4.20. The number of aryl methyl sites for hydroxylation is 1. The Labute approximate surface area is 117 Å². The van der Waals surface area contributed by atoms with Gasteiger partial charge in [-0.05, 0) is 36.8 Å². The lowest BCUT2D eigenvalue weighted by molar-refractivity contribution is 1.16. The second-order valence-electron chi connectivity index (χ2n) is 5.08. The minimum absolute atomic E-state index is 1.15. The van der Waals surface area contributed by atoms with Crippen LogP contribution in [0.3, 0.4) is 0 Å². The van der Waals surface area contributed by atoms with Gasteiger partial charge in [0.15, 0.2) is 0 Å². The summed E-state index contributed by atoms with van der Waals surface area (Å²) in [4.78, 5) is 4.30. The molecule has 0 aliphatic carbocycles. The summed E-state index contributed by atoms with van der Waals surface area (Å²) in [5.41, 5.74) is 4.83. The van der Waals surface area contributed by atoms with Crippen molar-refractivity contribution in [3.05, 3.63) is 72.6 Å². The number of hydrogen-bond acceptors (Lipinski definition) is 1. The van der Waals surface area contributed by atoms with Crippen molar-refractivity contribution in [2.75, 3.05) is 0 Å². The zero-order chi connectivity index (χ0) is 13.5. The van der Waals surface area contributed by atoms with E-state index in [2.05, 4.69) is 65.0 Å². The van der Waals surface area contributed by atoms with E-state index in [1.54, 1.807) is 0 Å². The van der Waals surface area contributed by atoms with Crippen LogP contribution in [0.5, 0.6) is 0 Å². The van der Waals surface area contributed by atoms with E-state index in [0.717, 1.165) is 5.52 Å². The Kier molecular flexibility index (Phi) is 2.36. The molecule has 0 spiro atoms. The highest BCUT2D eigenvalue weighted by atomic mass is 15.0. The standard InChI is InChI=1S/C18H14N2/c1-13-7-8-15-16-9-10-19-12-18(16)20(17(15)11-13)14-5-3-2-4-6-14/h2-12H,1H3. The van der Waals surface area contributed by atoms with Gasteiger partial charge >= 0.3 is 0 Å². The van der Waals surface area contributed by atoms with Gasteiger partial charge in [-0.2, -0.15) is 0 Å². The first-order valence-electron chi connectivity index (χ1n) is 6.75. The number of nitrogens with zero attached hydrogens (tertiary/aromatic N) is 2. The van der Waals surface area contributed by atoms with Crippen LogP contribution < -0.4 is 0 Å². The predicted molar refractivity (Wildman–Crippen MR) is 83.3 cm³/mol. The van der Waals surface area contributed by atoms with Gasteiger partial charge in [0.05, 0.1) is 17.2 Å². The Morgan fingerprint density at radius 3 is 2.50 bits per heavy atom. The lowest BCUT2D eigenvalue weighted by Crippen LogP contribution is -1.93. The fourth-order valence-electron chi connectivity index (χ4n) is 2.83. The minimum atomic E-state index is 1.15. The topological polar surface area (TPSA) is 17.8 Å². The number of benzene rings is 2. The number of pyridine rings is 1. The first-order valence-corrected chi connectivity index (χ1v) is 6.75. The normalized spacial score (nSPS) is 11.2. The maximum absolute atomic E-state index is 4.30. The highest BCUT2D eigenvalue weighted by Crippen LogP contribution is 2.31. The van der Waals surface area contributed by atoms with E-state index in [0.29, 0.717) is 0 Å². The largest absolute Gasteiger partial charge is 0.308 e. The lowest BCUT2D eigenvalue weighted by Gasteiger charge is -2.07. The number of para-hydroxylation sites is 1. The van der Waals surface area contributed by atoms with Crippen molar-refractivity contribution >= 4 is 21.8 Å². The third-order valence-electron chi connectivity index (χ3n) is 3.74. The molecule has 0 unspecified atom stereocenters. The maximum atomic E-state index is 4.30. The number of fused-ring (bicyclic) bond motifs is 3. The van der Waals surface area contributed by atoms with E-state index in [1.807, 2.05) is 18.5 Å². The van der Waals surface area contributed by atoms with Crippen LogP contribution in [-0.4, -0.2) is 9.55 Å². The van der Waals surface area contributed by atoms with Gasteiger partial charge in [-0.25, -0.2) is 0 Å². The molecule has 2 heterocycles. The van der Waals surface area contributed by atoms with E-state index in [4.69, 9.17) is 0 Å². The van der Waals surface area contributed by atoms with Crippen LogP contribution in [0.25, 0.3) is 27.5 Å². The highest BCUT2D eigenvalue weighted by Gasteiger charge is 2.11. The maximum Gasteiger partial charge on any atom is 0.0724 e. The Morgan fingerprint density at radius 2 is 1.65 bits per heavy atom. The van der Waals surface area contributed by atoms with E-state index >= 15 is 0 Å². The molecule has 2 nitrogen and oxygen atoms in total. The number of hydrogen-bond donors (Lipinski definition) is 0. The summed E-state index contributed by atoms with van der Waals surface area (Å²) < 4.78 is 2.28. The summed E-state index contributed by atoms with van der Waals surface area (Å²) in [6.07, 6.45) is 3.80. The molecular weight excluding hydrogens is 244 g/mol. The summed E-state index contributed by atoms with van der Waals surface area (Å²) >= 11 is 0. The van der Waals surface area contributed by atoms with Crippen molar-refractivity contribution in [1.82, 2.24) is 9.55 Å². The molecule has 2 aromatic carbocycles. The average Bonchev–Trinajstić information content (AvgIpc) is 2.81. The predicted octanol–water partition coefficient (Wildman–Crippen LogP) is 4.49. The number of rotatable bonds is 1. The molecule has 96 valence electrons.